The summed E-state index contributed by atoms with van der Waals surface area (Å²) >= 11 is 2.42. The van der Waals surface area contributed by atoms with Crippen LogP contribution in [0, 0.1) is 10.5 Å². The van der Waals surface area contributed by atoms with Gasteiger partial charge in [0.25, 0.3) is 0 Å². The van der Waals surface area contributed by atoms with E-state index in [-0.39, 0.29) is 0 Å². The number of aryl methyl sites for hydroxylation is 1. The topological polar surface area (TPSA) is 12.0 Å². The highest BCUT2D eigenvalue weighted by atomic mass is 127. The van der Waals surface area contributed by atoms with E-state index in [9.17, 15) is 0 Å². The average molecular weight is 273 g/mol. The maximum absolute atomic E-state index is 3.47. The minimum atomic E-state index is 1.13. The monoisotopic (exact) mass is 273 g/mol. The molecule has 0 saturated carbocycles. The number of fused-ring (bicyclic) bond motifs is 1. The third-order valence-electron chi connectivity index (χ3n) is 2.37. The van der Waals surface area contributed by atoms with Gasteiger partial charge in [0.2, 0.25) is 0 Å². The highest BCUT2D eigenvalue weighted by Gasteiger charge is 2.12. The van der Waals surface area contributed by atoms with Crippen LogP contribution < -0.4 is 5.32 Å². The molecule has 0 aliphatic carbocycles. The van der Waals surface area contributed by atoms with Gasteiger partial charge in [-0.2, -0.15) is 0 Å². The Hall–Kier alpha value is -0.250. The van der Waals surface area contributed by atoms with Crippen LogP contribution in [0.2, 0.25) is 0 Å². The Morgan fingerprint density at radius 1 is 1.42 bits per heavy atom. The van der Waals surface area contributed by atoms with Crippen LogP contribution in [0.25, 0.3) is 0 Å². The molecular weight excluding hydrogens is 261 g/mol. The summed E-state index contributed by atoms with van der Waals surface area (Å²) in [5.74, 6) is 0. The first-order chi connectivity index (χ1) is 5.79. The van der Waals surface area contributed by atoms with Crippen molar-refractivity contribution in [2.24, 2.45) is 0 Å². The molecule has 0 radical (unpaired) electrons. The standard InChI is InChI=1S/C10H12IN/c1-7-4-5-9(11)8-3-2-6-12-10(7)8/h4-5,12H,2-3,6H2,1H3. The van der Waals surface area contributed by atoms with E-state index >= 15 is 0 Å². The van der Waals surface area contributed by atoms with E-state index in [0.717, 1.165) is 6.54 Å². The van der Waals surface area contributed by atoms with Gasteiger partial charge in [-0.05, 0) is 59.5 Å². The van der Waals surface area contributed by atoms with Crippen LogP contribution in [-0.2, 0) is 6.42 Å². The maximum atomic E-state index is 3.47. The molecule has 1 nitrogen and oxygen atoms in total. The van der Waals surface area contributed by atoms with Gasteiger partial charge in [-0.15, -0.1) is 0 Å². The molecule has 0 saturated heterocycles. The Bertz CT molecular complexity index is 276. The lowest BCUT2D eigenvalue weighted by atomic mass is 10.0. The summed E-state index contributed by atoms with van der Waals surface area (Å²) in [7, 11) is 0. The van der Waals surface area contributed by atoms with Crippen molar-refractivity contribution in [3.63, 3.8) is 0 Å². The van der Waals surface area contributed by atoms with Crippen LogP contribution in [0.3, 0.4) is 0 Å². The Balaban J connectivity index is 2.57. The summed E-state index contributed by atoms with van der Waals surface area (Å²) in [4.78, 5) is 0. The van der Waals surface area contributed by atoms with Crippen molar-refractivity contribution in [1.29, 1.82) is 0 Å². The van der Waals surface area contributed by atoms with E-state index in [1.165, 1.54) is 33.2 Å². The molecule has 0 fully saturated rings. The predicted octanol–water partition coefficient (Wildman–Crippen LogP) is 2.96. The van der Waals surface area contributed by atoms with Crippen LogP contribution in [0.4, 0.5) is 5.69 Å². The van der Waals surface area contributed by atoms with Crippen molar-refractivity contribution in [2.75, 3.05) is 11.9 Å². The Morgan fingerprint density at radius 3 is 3.00 bits per heavy atom. The van der Waals surface area contributed by atoms with Crippen molar-refractivity contribution in [2.45, 2.75) is 19.8 Å². The SMILES string of the molecule is Cc1ccc(I)c2c1NCCC2. The van der Waals surface area contributed by atoms with E-state index in [1.54, 1.807) is 0 Å². The molecule has 1 aliphatic heterocycles. The van der Waals surface area contributed by atoms with E-state index in [1.807, 2.05) is 0 Å². The van der Waals surface area contributed by atoms with Gasteiger partial charge < -0.3 is 5.32 Å². The van der Waals surface area contributed by atoms with Crippen LogP contribution >= 0.6 is 22.6 Å². The third-order valence-corrected chi connectivity index (χ3v) is 3.38. The molecule has 0 atom stereocenters. The molecular formula is C10H12IN. The van der Waals surface area contributed by atoms with E-state index in [0.29, 0.717) is 0 Å². The van der Waals surface area contributed by atoms with Crippen LogP contribution in [0.5, 0.6) is 0 Å². The van der Waals surface area contributed by atoms with E-state index in [4.69, 9.17) is 0 Å². The molecule has 1 heterocycles. The van der Waals surface area contributed by atoms with Crippen LogP contribution in [0.15, 0.2) is 12.1 Å². The van der Waals surface area contributed by atoms with Gasteiger partial charge in [0.15, 0.2) is 0 Å². The maximum Gasteiger partial charge on any atom is 0.0413 e. The minimum Gasteiger partial charge on any atom is -0.385 e. The second kappa shape index (κ2) is 3.24. The Kier molecular flexibility index (Phi) is 2.26. The van der Waals surface area contributed by atoms with Crippen molar-refractivity contribution in [3.8, 4) is 0 Å². The van der Waals surface area contributed by atoms with Crippen LogP contribution in [-0.4, -0.2) is 6.54 Å². The first-order valence-corrected chi connectivity index (χ1v) is 5.39. The zero-order chi connectivity index (χ0) is 8.55. The van der Waals surface area contributed by atoms with Crippen molar-refractivity contribution < 1.29 is 0 Å². The zero-order valence-corrected chi connectivity index (χ0v) is 9.31. The normalized spacial score (nSPS) is 15.2. The quantitative estimate of drug-likeness (QED) is 0.717. The minimum absolute atomic E-state index is 1.13. The zero-order valence-electron chi connectivity index (χ0n) is 7.15. The summed E-state index contributed by atoms with van der Waals surface area (Å²) < 4.78 is 1.40. The highest BCUT2D eigenvalue weighted by molar-refractivity contribution is 14.1. The average Bonchev–Trinajstić information content (AvgIpc) is 2.12. The van der Waals surface area contributed by atoms with Crippen molar-refractivity contribution >= 4 is 28.3 Å². The first-order valence-electron chi connectivity index (χ1n) is 4.31. The molecule has 64 valence electrons. The van der Waals surface area contributed by atoms with E-state index in [2.05, 4.69) is 47.0 Å². The lowest BCUT2D eigenvalue weighted by Crippen LogP contribution is -2.14. The molecule has 0 bridgehead atoms. The summed E-state index contributed by atoms with van der Waals surface area (Å²) in [6.07, 6.45) is 2.51. The number of benzene rings is 1. The number of anilines is 1. The van der Waals surface area contributed by atoms with E-state index < -0.39 is 0 Å². The Labute approximate surface area is 86.7 Å². The van der Waals surface area contributed by atoms with Gasteiger partial charge in [-0.25, -0.2) is 0 Å². The molecule has 0 spiro atoms. The molecule has 1 N–H and O–H groups in total. The lowest BCUT2D eigenvalue weighted by Gasteiger charge is -2.21. The molecule has 0 aromatic heterocycles. The van der Waals surface area contributed by atoms with Gasteiger partial charge in [-0.3, -0.25) is 0 Å². The molecule has 1 aromatic carbocycles. The summed E-state index contributed by atoms with van der Waals surface area (Å²) in [6, 6.07) is 4.40. The lowest BCUT2D eigenvalue weighted by molar-refractivity contribution is 0.823. The number of hydrogen-bond donors (Lipinski definition) is 1. The number of hydrogen-bond acceptors (Lipinski definition) is 1. The van der Waals surface area contributed by atoms with Crippen LogP contribution in [0.1, 0.15) is 17.5 Å². The molecule has 2 rings (SSSR count). The number of nitrogens with one attached hydrogen (secondary N) is 1. The van der Waals surface area contributed by atoms with Gasteiger partial charge in [0.05, 0.1) is 0 Å². The van der Waals surface area contributed by atoms with Gasteiger partial charge in [0.1, 0.15) is 0 Å². The molecule has 0 unspecified atom stereocenters. The molecule has 12 heavy (non-hydrogen) atoms. The Morgan fingerprint density at radius 2 is 2.25 bits per heavy atom. The number of halogens is 1. The largest absolute Gasteiger partial charge is 0.385 e. The van der Waals surface area contributed by atoms with Gasteiger partial charge in [0, 0.05) is 15.8 Å². The summed E-state index contributed by atoms with van der Waals surface area (Å²) in [6.45, 7) is 3.31. The molecule has 0 amide bonds. The van der Waals surface area contributed by atoms with Gasteiger partial charge >= 0.3 is 0 Å². The smallest absolute Gasteiger partial charge is 0.0413 e. The molecule has 1 aromatic rings. The predicted molar refractivity (Wildman–Crippen MR) is 60.7 cm³/mol. The highest BCUT2D eigenvalue weighted by Crippen LogP contribution is 2.29. The molecule has 2 heteroatoms. The fourth-order valence-electron chi connectivity index (χ4n) is 1.71. The summed E-state index contributed by atoms with van der Waals surface area (Å²) in [5, 5.41) is 3.47. The first kappa shape index (κ1) is 8.35. The van der Waals surface area contributed by atoms with Crippen molar-refractivity contribution in [1.82, 2.24) is 0 Å². The fourth-order valence-corrected chi connectivity index (χ4v) is 2.43. The number of rotatable bonds is 0. The molecule has 1 aliphatic rings. The fraction of sp³-hybridized carbons (Fsp3) is 0.400. The van der Waals surface area contributed by atoms with Crippen molar-refractivity contribution in [3.05, 3.63) is 26.8 Å². The second-order valence-electron chi connectivity index (χ2n) is 3.25. The third kappa shape index (κ3) is 1.32. The second-order valence-corrected chi connectivity index (χ2v) is 4.41. The van der Waals surface area contributed by atoms with Gasteiger partial charge in [-0.1, -0.05) is 6.07 Å². The summed E-state index contributed by atoms with van der Waals surface area (Å²) in [5.41, 5.74) is 4.28.